The van der Waals surface area contributed by atoms with E-state index in [2.05, 4.69) is 0 Å². The molecule has 0 saturated carbocycles. The summed E-state index contributed by atoms with van der Waals surface area (Å²) in [5.41, 5.74) is 0.504. The van der Waals surface area contributed by atoms with Crippen LogP contribution in [0.4, 0.5) is 0 Å². The zero-order valence-corrected chi connectivity index (χ0v) is 10.5. The molecule has 1 aliphatic heterocycles. The van der Waals surface area contributed by atoms with Crippen LogP contribution >= 0.6 is 0 Å². The quantitative estimate of drug-likeness (QED) is 0.700. The molecule has 0 N–H and O–H groups in total. The third-order valence-electron chi connectivity index (χ3n) is 2.77. The Balaban J connectivity index is 2.17. The van der Waals surface area contributed by atoms with E-state index >= 15 is 0 Å². The highest BCUT2D eigenvalue weighted by Gasteiger charge is 2.29. The molecular formula is C14H18O3. The van der Waals surface area contributed by atoms with Gasteiger partial charge in [-0.05, 0) is 26.8 Å². The van der Waals surface area contributed by atoms with Crippen molar-refractivity contribution < 1.29 is 14.3 Å². The molecule has 0 aromatic heterocycles. The van der Waals surface area contributed by atoms with Crippen molar-refractivity contribution in [3.8, 4) is 5.75 Å². The van der Waals surface area contributed by atoms with E-state index in [9.17, 15) is 4.79 Å². The number of para-hydroxylation sites is 1. The third kappa shape index (κ3) is 2.60. The number of ether oxygens (including phenoxy) is 2. The Labute approximate surface area is 102 Å². The molecule has 17 heavy (non-hydrogen) atoms. The summed E-state index contributed by atoms with van der Waals surface area (Å²) in [6, 6.07) is 7.72. The Morgan fingerprint density at radius 3 is 2.76 bits per heavy atom. The highest BCUT2D eigenvalue weighted by atomic mass is 16.6. The fourth-order valence-electron chi connectivity index (χ4n) is 1.74. The third-order valence-corrected chi connectivity index (χ3v) is 2.77. The van der Waals surface area contributed by atoms with Crippen molar-refractivity contribution >= 4 is 5.97 Å². The van der Waals surface area contributed by atoms with Crippen molar-refractivity contribution in [2.75, 3.05) is 6.61 Å². The van der Waals surface area contributed by atoms with Crippen LogP contribution < -0.4 is 4.74 Å². The SMILES string of the molecule is CC(C)(C)C(=O)O[C@H]1CCOc2ccccc21. The summed E-state index contributed by atoms with van der Waals surface area (Å²) < 4.78 is 11.1. The molecule has 0 spiro atoms. The van der Waals surface area contributed by atoms with Crippen molar-refractivity contribution in [2.24, 2.45) is 5.41 Å². The molecule has 1 heterocycles. The molecule has 1 aromatic carbocycles. The van der Waals surface area contributed by atoms with Crippen LogP contribution in [0.5, 0.6) is 5.75 Å². The minimum atomic E-state index is -0.465. The zero-order valence-electron chi connectivity index (χ0n) is 10.5. The smallest absolute Gasteiger partial charge is 0.311 e. The molecule has 0 amide bonds. The van der Waals surface area contributed by atoms with Crippen molar-refractivity contribution in [1.29, 1.82) is 0 Å². The van der Waals surface area contributed by atoms with Crippen LogP contribution in [0, 0.1) is 5.41 Å². The fraction of sp³-hybridized carbons (Fsp3) is 0.500. The van der Waals surface area contributed by atoms with E-state index in [0.717, 1.165) is 17.7 Å². The zero-order chi connectivity index (χ0) is 12.5. The summed E-state index contributed by atoms with van der Waals surface area (Å²) in [5.74, 6) is 0.657. The van der Waals surface area contributed by atoms with Gasteiger partial charge in [0.15, 0.2) is 0 Å². The maximum Gasteiger partial charge on any atom is 0.311 e. The van der Waals surface area contributed by atoms with Gasteiger partial charge in [-0.1, -0.05) is 18.2 Å². The molecule has 0 aliphatic carbocycles. The van der Waals surface area contributed by atoms with E-state index in [0.29, 0.717) is 6.61 Å². The average Bonchev–Trinajstić information content (AvgIpc) is 2.28. The van der Waals surface area contributed by atoms with Crippen LogP contribution in [-0.4, -0.2) is 12.6 Å². The first-order valence-corrected chi connectivity index (χ1v) is 5.91. The van der Waals surface area contributed by atoms with Gasteiger partial charge in [-0.15, -0.1) is 0 Å². The Morgan fingerprint density at radius 1 is 1.35 bits per heavy atom. The van der Waals surface area contributed by atoms with E-state index in [1.165, 1.54) is 0 Å². The molecule has 1 aromatic rings. The van der Waals surface area contributed by atoms with E-state index in [4.69, 9.17) is 9.47 Å². The van der Waals surface area contributed by atoms with Gasteiger partial charge >= 0.3 is 5.97 Å². The standard InChI is InChI=1S/C14H18O3/c1-14(2,3)13(15)17-12-8-9-16-11-7-5-4-6-10(11)12/h4-7,12H,8-9H2,1-3H3/t12-/m0/s1. The van der Waals surface area contributed by atoms with Gasteiger partial charge < -0.3 is 9.47 Å². The summed E-state index contributed by atoms with van der Waals surface area (Å²) in [4.78, 5) is 11.9. The summed E-state index contributed by atoms with van der Waals surface area (Å²) >= 11 is 0. The van der Waals surface area contributed by atoms with Gasteiger partial charge in [0.1, 0.15) is 11.9 Å². The Bertz CT molecular complexity index is 418. The van der Waals surface area contributed by atoms with Gasteiger partial charge in [-0.25, -0.2) is 0 Å². The van der Waals surface area contributed by atoms with Crippen molar-refractivity contribution in [1.82, 2.24) is 0 Å². The second-order valence-corrected chi connectivity index (χ2v) is 5.32. The van der Waals surface area contributed by atoms with E-state index < -0.39 is 5.41 Å². The topological polar surface area (TPSA) is 35.5 Å². The lowest BCUT2D eigenvalue weighted by Crippen LogP contribution is -2.27. The van der Waals surface area contributed by atoms with Crippen LogP contribution in [0.25, 0.3) is 0 Å². The maximum atomic E-state index is 11.9. The highest BCUT2D eigenvalue weighted by molar-refractivity contribution is 5.75. The second kappa shape index (κ2) is 4.40. The van der Waals surface area contributed by atoms with Crippen molar-refractivity contribution in [3.63, 3.8) is 0 Å². The van der Waals surface area contributed by atoms with Crippen molar-refractivity contribution in [2.45, 2.75) is 33.3 Å². The molecule has 0 radical (unpaired) electrons. The summed E-state index contributed by atoms with van der Waals surface area (Å²) in [6.07, 6.45) is 0.547. The molecule has 92 valence electrons. The summed E-state index contributed by atoms with van der Waals surface area (Å²) in [5, 5.41) is 0. The van der Waals surface area contributed by atoms with E-state index in [-0.39, 0.29) is 12.1 Å². The molecule has 3 nitrogen and oxygen atoms in total. The average molecular weight is 234 g/mol. The molecule has 1 atom stereocenters. The number of benzene rings is 1. The Hall–Kier alpha value is -1.51. The first kappa shape index (κ1) is 12.0. The number of hydrogen-bond donors (Lipinski definition) is 0. The van der Waals surface area contributed by atoms with Crippen LogP contribution in [0.3, 0.4) is 0 Å². The van der Waals surface area contributed by atoms with Gasteiger partial charge in [-0.2, -0.15) is 0 Å². The number of esters is 1. The monoisotopic (exact) mass is 234 g/mol. The number of fused-ring (bicyclic) bond motifs is 1. The lowest BCUT2D eigenvalue weighted by atomic mass is 9.96. The van der Waals surface area contributed by atoms with Gasteiger partial charge in [0, 0.05) is 12.0 Å². The second-order valence-electron chi connectivity index (χ2n) is 5.32. The number of carbonyl (C=O) groups is 1. The van der Waals surface area contributed by atoms with Crippen molar-refractivity contribution in [3.05, 3.63) is 29.8 Å². The maximum absolute atomic E-state index is 11.9. The first-order valence-electron chi connectivity index (χ1n) is 5.91. The molecular weight excluding hydrogens is 216 g/mol. The minimum Gasteiger partial charge on any atom is -0.493 e. The minimum absolute atomic E-state index is 0.167. The predicted molar refractivity (Wildman–Crippen MR) is 64.8 cm³/mol. The van der Waals surface area contributed by atoms with Crippen LogP contribution in [-0.2, 0) is 9.53 Å². The van der Waals surface area contributed by atoms with Crippen LogP contribution in [0.1, 0.15) is 38.9 Å². The van der Waals surface area contributed by atoms with E-state index in [1.807, 2.05) is 45.0 Å². The van der Waals surface area contributed by atoms with Gasteiger partial charge in [0.05, 0.1) is 12.0 Å². The molecule has 1 aliphatic rings. The highest BCUT2D eigenvalue weighted by Crippen LogP contribution is 2.35. The van der Waals surface area contributed by atoms with Crippen LogP contribution in [0.15, 0.2) is 24.3 Å². The molecule has 0 bridgehead atoms. The molecule has 0 fully saturated rings. The number of rotatable bonds is 1. The lowest BCUT2D eigenvalue weighted by Gasteiger charge is -2.28. The Kier molecular flexibility index (Phi) is 3.09. The predicted octanol–water partition coefficient (Wildman–Crippen LogP) is 3.10. The Morgan fingerprint density at radius 2 is 2.06 bits per heavy atom. The largest absolute Gasteiger partial charge is 0.493 e. The van der Waals surface area contributed by atoms with Gasteiger partial charge in [0.2, 0.25) is 0 Å². The van der Waals surface area contributed by atoms with Gasteiger partial charge in [-0.3, -0.25) is 4.79 Å². The molecule has 3 heteroatoms. The van der Waals surface area contributed by atoms with Crippen LogP contribution in [0.2, 0.25) is 0 Å². The van der Waals surface area contributed by atoms with Gasteiger partial charge in [0.25, 0.3) is 0 Å². The molecule has 0 unspecified atom stereocenters. The molecule has 2 rings (SSSR count). The first-order chi connectivity index (χ1) is 7.98. The number of carbonyl (C=O) groups excluding carboxylic acids is 1. The van der Waals surface area contributed by atoms with E-state index in [1.54, 1.807) is 0 Å². The lowest BCUT2D eigenvalue weighted by molar-refractivity contribution is -0.160. The fourth-order valence-corrected chi connectivity index (χ4v) is 1.74. The normalized spacial score (nSPS) is 19.1. The molecule has 0 saturated heterocycles. The summed E-state index contributed by atoms with van der Waals surface area (Å²) in [7, 11) is 0. The number of hydrogen-bond acceptors (Lipinski definition) is 3. The summed E-state index contributed by atoms with van der Waals surface area (Å²) in [6.45, 7) is 6.18.